The first-order chi connectivity index (χ1) is 13.5. The van der Waals surface area contributed by atoms with E-state index < -0.39 is 0 Å². The van der Waals surface area contributed by atoms with Crippen molar-refractivity contribution in [3.63, 3.8) is 0 Å². The fraction of sp³-hybridized carbons (Fsp3) is 0.273. The van der Waals surface area contributed by atoms with Crippen LogP contribution in [0.2, 0.25) is 0 Å². The Morgan fingerprint density at radius 1 is 1.24 bits per heavy atom. The molecule has 0 radical (unpaired) electrons. The maximum atomic E-state index is 14.5. The van der Waals surface area contributed by atoms with Crippen LogP contribution in [0.4, 0.5) is 4.39 Å². The van der Waals surface area contributed by atoms with Gasteiger partial charge in [0.15, 0.2) is 5.69 Å². The van der Waals surface area contributed by atoms with Gasteiger partial charge in [0.25, 0.3) is 5.91 Å². The topological polar surface area (TPSA) is 72.9 Å². The van der Waals surface area contributed by atoms with E-state index in [4.69, 9.17) is 5.73 Å². The smallest absolute Gasteiger partial charge is 0.272 e. The van der Waals surface area contributed by atoms with Crippen molar-refractivity contribution in [2.45, 2.75) is 32.2 Å². The predicted octanol–water partition coefficient (Wildman–Crippen LogP) is 3.66. The second kappa shape index (κ2) is 8.76. The number of benzene rings is 2. The van der Waals surface area contributed by atoms with E-state index >= 15 is 0 Å². The fourth-order valence-corrected chi connectivity index (χ4v) is 3.71. The Morgan fingerprint density at radius 2 is 2.00 bits per heavy atom. The Hall–Kier alpha value is -2.70. The van der Waals surface area contributed by atoms with E-state index in [-0.39, 0.29) is 30.2 Å². The first-order valence-electron chi connectivity index (χ1n) is 9.50. The second-order valence-corrected chi connectivity index (χ2v) is 7.22. The van der Waals surface area contributed by atoms with E-state index in [1.807, 2.05) is 43.3 Å². The van der Waals surface area contributed by atoms with Gasteiger partial charge in [-0.2, -0.15) is 5.10 Å². The summed E-state index contributed by atoms with van der Waals surface area (Å²) in [4.78, 5) is 12.8. The largest absolute Gasteiger partial charge is 0.349 e. The van der Waals surface area contributed by atoms with Gasteiger partial charge in [0.2, 0.25) is 0 Å². The Balaban J connectivity index is 0.00000240. The van der Waals surface area contributed by atoms with Crippen LogP contribution in [0.1, 0.15) is 45.3 Å². The molecule has 1 aliphatic rings. The summed E-state index contributed by atoms with van der Waals surface area (Å²) in [6.07, 6.45) is 2.49. The summed E-state index contributed by atoms with van der Waals surface area (Å²) in [5.41, 5.74) is 10.6. The van der Waals surface area contributed by atoms with Crippen molar-refractivity contribution >= 4 is 18.3 Å². The van der Waals surface area contributed by atoms with Gasteiger partial charge in [-0.15, -0.1) is 12.4 Å². The monoisotopic (exact) mass is 414 g/mol. The zero-order chi connectivity index (χ0) is 19.7. The number of fused-ring (bicyclic) bond motifs is 1. The lowest BCUT2D eigenvalue weighted by molar-refractivity contribution is 0.0945. The lowest BCUT2D eigenvalue weighted by atomic mass is 10.1. The van der Waals surface area contributed by atoms with Crippen LogP contribution in [-0.4, -0.2) is 22.2 Å². The number of rotatable bonds is 5. The van der Waals surface area contributed by atoms with Gasteiger partial charge in [-0.05, 0) is 49.4 Å². The van der Waals surface area contributed by atoms with Gasteiger partial charge in [-0.1, -0.05) is 36.4 Å². The summed E-state index contributed by atoms with van der Waals surface area (Å²) in [6.45, 7) is 2.15. The molecule has 0 saturated carbocycles. The second-order valence-electron chi connectivity index (χ2n) is 7.22. The molecule has 7 heteroatoms. The molecule has 0 saturated heterocycles. The van der Waals surface area contributed by atoms with Gasteiger partial charge in [-0.3, -0.25) is 4.79 Å². The van der Waals surface area contributed by atoms with Crippen LogP contribution in [0.3, 0.4) is 0 Å². The van der Waals surface area contributed by atoms with E-state index in [2.05, 4.69) is 10.4 Å². The first-order valence-corrected chi connectivity index (χ1v) is 9.50. The third-order valence-electron chi connectivity index (χ3n) is 5.19. The van der Waals surface area contributed by atoms with Crippen LogP contribution in [0, 0.1) is 12.7 Å². The van der Waals surface area contributed by atoms with Gasteiger partial charge < -0.3 is 11.1 Å². The number of halogens is 2. The minimum Gasteiger partial charge on any atom is -0.349 e. The summed E-state index contributed by atoms with van der Waals surface area (Å²) >= 11 is 0. The van der Waals surface area contributed by atoms with Crippen LogP contribution in [0.5, 0.6) is 0 Å². The summed E-state index contributed by atoms with van der Waals surface area (Å²) in [7, 11) is 0. The quantitative estimate of drug-likeness (QED) is 0.669. The Kier molecular flexibility index (Phi) is 6.35. The third kappa shape index (κ3) is 4.18. The van der Waals surface area contributed by atoms with E-state index in [9.17, 15) is 9.18 Å². The molecule has 0 bridgehead atoms. The highest BCUT2D eigenvalue weighted by atomic mass is 35.5. The summed E-state index contributed by atoms with van der Waals surface area (Å²) in [6, 6.07) is 14.4. The maximum Gasteiger partial charge on any atom is 0.272 e. The number of nitrogens with two attached hydrogens (primary N) is 1. The SMILES string of the molecule is Cc1ccc(-n2nc(C(=O)NCC(N)c3ccccc3)c3c2CCC3)c(F)c1.Cl. The molecule has 0 aliphatic heterocycles. The lowest BCUT2D eigenvalue weighted by Gasteiger charge is -2.12. The molecule has 1 aromatic heterocycles. The van der Waals surface area contributed by atoms with Crippen molar-refractivity contribution in [1.29, 1.82) is 0 Å². The molecule has 1 atom stereocenters. The molecule has 0 fully saturated rings. The van der Waals surface area contributed by atoms with Crippen LogP contribution in [0.25, 0.3) is 5.69 Å². The van der Waals surface area contributed by atoms with Gasteiger partial charge in [-0.25, -0.2) is 9.07 Å². The summed E-state index contributed by atoms with van der Waals surface area (Å²) in [5.74, 6) is -0.606. The Bertz CT molecular complexity index is 1020. The number of nitrogens with one attached hydrogen (secondary N) is 1. The summed E-state index contributed by atoms with van der Waals surface area (Å²) in [5, 5.41) is 7.35. The maximum absolute atomic E-state index is 14.5. The predicted molar refractivity (Wildman–Crippen MR) is 113 cm³/mol. The van der Waals surface area contributed by atoms with Crippen LogP contribution < -0.4 is 11.1 Å². The molecular formula is C22H24ClFN4O. The molecule has 3 aromatic rings. The highest BCUT2D eigenvalue weighted by molar-refractivity contribution is 5.94. The van der Waals surface area contributed by atoms with Gasteiger partial charge in [0.05, 0.1) is 0 Å². The number of nitrogens with zero attached hydrogens (tertiary/aromatic N) is 2. The molecule has 152 valence electrons. The third-order valence-corrected chi connectivity index (χ3v) is 5.19. The molecular weight excluding hydrogens is 391 g/mol. The van der Waals surface area contributed by atoms with Crippen LogP contribution in [0.15, 0.2) is 48.5 Å². The van der Waals surface area contributed by atoms with E-state index in [0.717, 1.165) is 41.6 Å². The zero-order valence-electron chi connectivity index (χ0n) is 16.2. The van der Waals surface area contributed by atoms with Gasteiger partial charge in [0, 0.05) is 23.8 Å². The first kappa shape index (κ1) is 21.0. The normalized spacial score (nSPS) is 13.5. The zero-order valence-corrected chi connectivity index (χ0v) is 17.0. The molecule has 1 aliphatic carbocycles. The molecule has 29 heavy (non-hydrogen) atoms. The molecule has 5 nitrogen and oxygen atoms in total. The Morgan fingerprint density at radius 3 is 2.72 bits per heavy atom. The number of aryl methyl sites for hydroxylation is 1. The average molecular weight is 415 g/mol. The number of hydrogen-bond donors (Lipinski definition) is 2. The van der Waals surface area contributed by atoms with Crippen molar-refractivity contribution in [3.05, 3.63) is 82.4 Å². The molecule has 2 aromatic carbocycles. The lowest BCUT2D eigenvalue weighted by Crippen LogP contribution is -2.32. The van der Waals surface area contributed by atoms with E-state index in [0.29, 0.717) is 17.9 Å². The van der Waals surface area contributed by atoms with Crippen molar-refractivity contribution in [2.24, 2.45) is 5.73 Å². The van der Waals surface area contributed by atoms with E-state index in [1.54, 1.807) is 10.7 Å². The number of amides is 1. The molecule has 1 unspecified atom stereocenters. The molecule has 3 N–H and O–H groups in total. The highest BCUT2D eigenvalue weighted by Gasteiger charge is 2.28. The Labute approximate surface area is 175 Å². The number of carbonyl (C=O) groups is 1. The van der Waals surface area contributed by atoms with Crippen molar-refractivity contribution in [1.82, 2.24) is 15.1 Å². The molecule has 4 rings (SSSR count). The van der Waals surface area contributed by atoms with Crippen LogP contribution in [-0.2, 0) is 12.8 Å². The highest BCUT2D eigenvalue weighted by Crippen LogP contribution is 2.29. The fourth-order valence-electron chi connectivity index (χ4n) is 3.71. The standard InChI is InChI=1S/C22H23FN4O.ClH/c1-14-10-11-20(17(23)12-14)27-19-9-5-8-16(19)21(26-27)22(28)25-13-18(24)15-6-3-2-4-7-15;/h2-4,6-7,10-12,18H,5,8-9,13,24H2,1H3,(H,25,28);1H. The van der Waals surface area contributed by atoms with Crippen LogP contribution >= 0.6 is 12.4 Å². The van der Waals surface area contributed by atoms with Crippen molar-refractivity contribution in [2.75, 3.05) is 6.54 Å². The average Bonchev–Trinajstić information content (AvgIpc) is 3.30. The molecule has 1 amide bonds. The van der Waals surface area contributed by atoms with Crippen molar-refractivity contribution in [3.8, 4) is 5.69 Å². The number of aromatic nitrogens is 2. The minimum atomic E-state index is -0.338. The summed E-state index contributed by atoms with van der Waals surface area (Å²) < 4.78 is 16.1. The van der Waals surface area contributed by atoms with E-state index in [1.165, 1.54) is 6.07 Å². The number of hydrogen-bond acceptors (Lipinski definition) is 3. The van der Waals surface area contributed by atoms with Gasteiger partial charge >= 0.3 is 0 Å². The molecule has 1 heterocycles. The van der Waals surface area contributed by atoms with Crippen molar-refractivity contribution < 1.29 is 9.18 Å². The molecule has 0 spiro atoms. The number of carbonyl (C=O) groups excluding carboxylic acids is 1. The minimum absolute atomic E-state index is 0. The van der Waals surface area contributed by atoms with Gasteiger partial charge in [0.1, 0.15) is 11.5 Å².